The van der Waals surface area contributed by atoms with Crippen LogP contribution in [0.2, 0.25) is 0 Å². The first-order valence-electron chi connectivity index (χ1n) is 9.51. The maximum atomic E-state index is 11.5. The highest BCUT2D eigenvalue weighted by atomic mass is 16.5. The summed E-state index contributed by atoms with van der Waals surface area (Å²) in [4.78, 5) is 18.8. The second-order valence-electron chi connectivity index (χ2n) is 7.62. The van der Waals surface area contributed by atoms with Gasteiger partial charge >= 0.3 is 0 Å². The first kappa shape index (κ1) is 19.9. The third kappa shape index (κ3) is 4.70. The van der Waals surface area contributed by atoms with Crippen molar-refractivity contribution in [1.82, 2.24) is 9.97 Å². The SMILES string of the molecule is CCCC(C)(C)Oc1ccc(C(O)Nc2cc3cc(C(C)=O)[nH]c3cn2)cc1. The van der Waals surface area contributed by atoms with Crippen LogP contribution in [0.15, 0.2) is 42.6 Å². The van der Waals surface area contributed by atoms with E-state index in [9.17, 15) is 9.90 Å². The van der Waals surface area contributed by atoms with Crippen LogP contribution in [0.4, 0.5) is 5.82 Å². The Bertz CT molecular complexity index is 961. The summed E-state index contributed by atoms with van der Waals surface area (Å²) in [5.74, 6) is 1.27. The summed E-state index contributed by atoms with van der Waals surface area (Å²) < 4.78 is 6.02. The van der Waals surface area contributed by atoms with E-state index in [1.54, 1.807) is 18.3 Å². The fourth-order valence-corrected chi connectivity index (χ4v) is 3.21. The Morgan fingerprint density at radius 2 is 2.00 bits per heavy atom. The average molecular weight is 381 g/mol. The molecule has 6 nitrogen and oxygen atoms in total. The number of rotatable bonds is 8. The molecular weight excluding hydrogens is 354 g/mol. The fraction of sp³-hybridized carbons (Fsp3) is 0.364. The van der Waals surface area contributed by atoms with Crippen molar-refractivity contribution in [2.75, 3.05) is 5.32 Å². The van der Waals surface area contributed by atoms with Gasteiger partial charge in [0.25, 0.3) is 0 Å². The third-order valence-electron chi connectivity index (χ3n) is 4.61. The average Bonchev–Trinajstić information content (AvgIpc) is 3.05. The highest BCUT2D eigenvalue weighted by Gasteiger charge is 2.18. The molecule has 3 N–H and O–H groups in total. The van der Waals surface area contributed by atoms with Gasteiger partial charge in [-0.25, -0.2) is 4.98 Å². The molecule has 1 atom stereocenters. The zero-order valence-corrected chi connectivity index (χ0v) is 16.7. The summed E-state index contributed by atoms with van der Waals surface area (Å²) in [5, 5.41) is 14.3. The zero-order valence-electron chi connectivity index (χ0n) is 16.7. The van der Waals surface area contributed by atoms with Crippen LogP contribution in [-0.4, -0.2) is 26.5 Å². The van der Waals surface area contributed by atoms with Crippen LogP contribution >= 0.6 is 0 Å². The molecule has 6 heteroatoms. The second kappa shape index (κ2) is 8.02. The molecule has 2 aromatic heterocycles. The highest BCUT2D eigenvalue weighted by Crippen LogP contribution is 2.25. The lowest BCUT2D eigenvalue weighted by Crippen LogP contribution is -2.27. The number of aliphatic hydroxyl groups excluding tert-OH is 1. The minimum absolute atomic E-state index is 0.0323. The first-order chi connectivity index (χ1) is 13.3. The van der Waals surface area contributed by atoms with Gasteiger partial charge in [0.1, 0.15) is 17.2 Å². The van der Waals surface area contributed by atoms with Crippen LogP contribution in [0.25, 0.3) is 10.9 Å². The largest absolute Gasteiger partial charge is 0.488 e. The maximum Gasteiger partial charge on any atom is 0.175 e. The molecule has 28 heavy (non-hydrogen) atoms. The van der Waals surface area contributed by atoms with Crippen LogP contribution in [0.1, 0.15) is 62.8 Å². The van der Waals surface area contributed by atoms with Gasteiger partial charge in [0.05, 0.1) is 17.4 Å². The van der Waals surface area contributed by atoms with Gasteiger partial charge in [0.15, 0.2) is 12.0 Å². The number of carbonyl (C=O) groups is 1. The number of Topliss-reactive ketones (excluding diaryl/α,β-unsaturated/α-hetero) is 1. The van der Waals surface area contributed by atoms with Gasteiger partial charge in [0, 0.05) is 17.9 Å². The number of aromatic amines is 1. The number of hydrogen-bond acceptors (Lipinski definition) is 5. The van der Waals surface area contributed by atoms with E-state index in [1.165, 1.54) is 6.92 Å². The van der Waals surface area contributed by atoms with E-state index in [0.29, 0.717) is 17.1 Å². The van der Waals surface area contributed by atoms with Crippen molar-refractivity contribution in [3.8, 4) is 5.75 Å². The van der Waals surface area contributed by atoms with E-state index in [4.69, 9.17) is 4.74 Å². The number of pyridine rings is 1. The van der Waals surface area contributed by atoms with E-state index in [0.717, 1.165) is 29.5 Å². The van der Waals surface area contributed by atoms with Crippen molar-refractivity contribution in [2.45, 2.75) is 52.4 Å². The van der Waals surface area contributed by atoms with Gasteiger partial charge in [-0.05, 0) is 44.5 Å². The smallest absolute Gasteiger partial charge is 0.175 e. The van der Waals surface area contributed by atoms with E-state index in [-0.39, 0.29) is 11.4 Å². The van der Waals surface area contributed by atoms with Crippen molar-refractivity contribution in [3.05, 3.63) is 53.9 Å². The molecule has 148 valence electrons. The van der Waals surface area contributed by atoms with E-state index < -0.39 is 6.23 Å². The number of benzene rings is 1. The Morgan fingerprint density at radius 3 is 2.64 bits per heavy atom. The Hall–Kier alpha value is -2.86. The highest BCUT2D eigenvalue weighted by molar-refractivity contribution is 5.98. The lowest BCUT2D eigenvalue weighted by Gasteiger charge is -2.26. The lowest BCUT2D eigenvalue weighted by atomic mass is 10.0. The molecule has 0 bridgehead atoms. The number of aromatic nitrogens is 2. The number of ketones is 1. The van der Waals surface area contributed by atoms with Crippen LogP contribution < -0.4 is 10.1 Å². The summed E-state index contributed by atoms with van der Waals surface area (Å²) in [7, 11) is 0. The molecule has 0 aliphatic rings. The standard InChI is InChI=1S/C22H27N3O3/c1-5-10-22(3,4)28-17-8-6-15(7-9-17)21(27)25-20-12-16-11-18(14(2)26)24-19(16)13-23-20/h6-9,11-13,21,24,27H,5,10H2,1-4H3,(H,23,25). The van der Waals surface area contributed by atoms with Crippen molar-refractivity contribution in [2.24, 2.45) is 0 Å². The Morgan fingerprint density at radius 1 is 1.29 bits per heavy atom. The molecule has 1 aromatic carbocycles. The normalized spacial score (nSPS) is 12.8. The van der Waals surface area contributed by atoms with Gasteiger partial charge in [0.2, 0.25) is 0 Å². The molecule has 2 heterocycles. The van der Waals surface area contributed by atoms with Gasteiger partial charge < -0.3 is 20.1 Å². The van der Waals surface area contributed by atoms with Gasteiger partial charge in [-0.15, -0.1) is 0 Å². The molecule has 0 aliphatic carbocycles. The molecule has 0 spiro atoms. The molecule has 0 aliphatic heterocycles. The molecule has 0 amide bonds. The maximum absolute atomic E-state index is 11.5. The van der Waals surface area contributed by atoms with Gasteiger partial charge in [-0.1, -0.05) is 25.5 Å². The molecule has 0 fully saturated rings. The van der Waals surface area contributed by atoms with Crippen LogP contribution in [-0.2, 0) is 0 Å². The number of nitrogens with one attached hydrogen (secondary N) is 2. The number of carbonyl (C=O) groups excluding carboxylic acids is 1. The van der Waals surface area contributed by atoms with Crippen molar-refractivity contribution < 1.29 is 14.6 Å². The summed E-state index contributed by atoms with van der Waals surface area (Å²) in [6.45, 7) is 7.79. The summed E-state index contributed by atoms with van der Waals surface area (Å²) in [6, 6.07) is 11.0. The monoisotopic (exact) mass is 381 g/mol. The molecule has 1 unspecified atom stereocenters. The number of nitrogens with zero attached hydrogens (tertiary/aromatic N) is 1. The van der Waals surface area contributed by atoms with Crippen molar-refractivity contribution >= 4 is 22.5 Å². The van der Waals surface area contributed by atoms with Gasteiger partial charge in [-0.2, -0.15) is 0 Å². The Balaban J connectivity index is 1.69. The number of H-pyrrole nitrogens is 1. The predicted octanol–water partition coefficient (Wildman–Crippen LogP) is 4.83. The van der Waals surface area contributed by atoms with Gasteiger partial charge in [-0.3, -0.25) is 4.79 Å². The number of aliphatic hydroxyl groups is 1. The minimum Gasteiger partial charge on any atom is -0.488 e. The first-order valence-corrected chi connectivity index (χ1v) is 9.51. The number of fused-ring (bicyclic) bond motifs is 1. The fourth-order valence-electron chi connectivity index (χ4n) is 3.21. The Labute approximate surface area is 165 Å². The molecule has 0 radical (unpaired) electrons. The van der Waals surface area contributed by atoms with Crippen LogP contribution in [0.3, 0.4) is 0 Å². The molecule has 0 saturated carbocycles. The quantitative estimate of drug-likeness (QED) is 0.384. The minimum atomic E-state index is -0.908. The molecule has 3 rings (SSSR count). The Kier molecular flexibility index (Phi) is 5.70. The van der Waals surface area contributed by atoms with Crippen LogP contribution in [0.5, 0.6) is 5.75 Å². The molecule has 3 aromatic rings. The summed E-state index contributed by atoms with van der Waals surface area (Å²) in [5.41, 5.74) is 1.81. The summed E-state index contributed by atoms with van der Waals surface area (Å²) in [6.07, 6.45) is 2.76. The number of hydrogen-bond donors (Lipinski definition) is 3. The van der Waals surface area contributed by atoms with E-state index >= 15 is 0 Å². The predicted molar refractivity (Wildman–Crippen MR) is 111 cm³/mol. The number of ether oxygens (including phenoxy) is 1. The third-order valence-corrected chi connectivity index (χ3v) is 4.61. The van der Waals surface area contributed by atoms with Crippen molar-refractivity contribution in [3.63, 3.8) is 0 Å². The van der Waals surface area contributed by atoms with E-state index in [1.807, 2.05) is 24.3 Å². The van der Waals surface area contributed by atoms with Crippen LogP contribution in [0, 0.1) is 0 Å². The van der Waals surface area contributed by atoms with E-state index in [2.05, 4.69) is 36.1 Å². The molecule has 0 saturated heterocycles. The van der Waals surface area contributed by atoms with Crippen molar-refractivity contribution in [1.29, 1.82) is 0 Å². The number of anilines is 1. The second-order valence-corrected chi connectivity index (χ2v) is 7.62. The zero-order chi connectivity index (χ0) is 20.3. The topological polar surface area (TPSA) is 87.2 Å². The lowest BCUT2D eigenvalue weighted by molar-refractivity contribution is 0.0983. The summed E-state index contributed by atoms with van der Waals surface area (Å²) >= 11 is 0. The molecular formula is C22H27N3O3.